The fourth-order valence-electron chi connectivity index (χ4n) is 1.21. The smallest absolute Gasteiger partial charge is 0.356 e. The van der Waals surface area contributed by atoms with Crippen molar-refractivity contribution in [2.75, 3.05) is 25.7 Å². The summed E-state index contributed by atoms with van der Waals surface area (Å²) < 4.78 is 5.02. The van der Waals surface area contributed by atoms with Gasteiger partial charge in [-0.2, -0.15) is 0 Å². The monoisotopic (exact) mass is 225 g/mol. The van der Waals surface area contributed by atoms with Crippen LogP contribution in [0.25, 0.3) is 0 Å². The van der Waals surface area contributed by atoms with Gasteiger partial charge >= 0.3 is 5.97 Å². The zero-order valence-corrected chi connectivity index (χ0v) is 9.54. The van der Waals surface area contributed by atoms with E-state index in [0.29, 0.717) is 12.4 Å². The van der Waals surface area contributed by atoms with Gasteiger partial charge in [0.05, 0.1) is 25.0 Å². The van der Waals surface area contributed by atoms with Crippen LogP contribution in [0.15, 0.2) is 12.4 Å². The third-order valence-electron chi connectivity index (χ3n) is 2.27. The summed E-state index contributed by atoms with van der Waals surface area (Å²) in [4.78, 5) is 20.4. The molecule has 1 heterocycles. The van der Waals surface area contributed by atoms with Gasteiger partial charge in [-0.1, -0.05) is 0 Å². The highest BCUT2D eigenvalue weighted by atomic mass is 16.5. The van der Waals surface area contributed by atoms with Crippen LogP contribution in [0.2, 0.25) is 0 Å². The van der Waals surface area contributed by atoms with Crippen molar-refractivity contribution in [3.63, 3.8) is 0 Å². The van der Waals surface area contributed by atoms with Gasteiger partial charge in [0.1, 0.15) is 5.82 Å². The predicted octanol–water partition coefficient (Wildman–Crippen LogP) is 0.646. The largest absolute Gasteiger partial charge is 0.476 e. The molecule has 0 amide bonds. The summed E-state index contributed by atoms with van der Waals surface area (Å²) in [5.74, 6) is -0.563. The maximum atomic E-state index is 10.7. The van der Waals surface area contributed by atoms with Gasteiger partial charge in [0.15, 0.2) is 5.69 Å². The van der Waals surface area contributed by atoms with Gasteiger partial charge in [0.25, 0.3) is 0 Å². The minimum Gasteiger partial charge on any atom is -0.476 e. The minimum atomic E-state index is -1.08. The van der Waals surface area contributed by atoms with Crippen LogP contribution in [-0.4, -0.2) is 47.8 Å². The van der Waals surface area contributed by atoms with Gasteiger partial charge < -0.3 is 14.7 Å². The third kappa shape index (κ3) is 2.90. The molecule has 6 nitrogen and oxygen atoms in total. The Morgan fingerprint density at radius 2 is 2.31 bits per heavy atom. The van der Waals surface area contributed by atoms with Crippen LogP contribution >= 0.6 is 0 Å². The molecule has 0 aliphatic heterocycles. The third-order valence-corrected chi connectivity index (χ3v) is 2.27. The summed E-state index contributed by atoms with van der Waals surface area (Å²) >= 11 is 0. The Morgan fingerprint density at radius 1 is 1.62 bits per heavy atom. The molecular formula is C10H15N3O3. The predicted molar refractivity (Wildman–Crippen MR) is 58.7 cm³/mol. The fourth-order valence-corrected chi connectivity index (χ4v) is 1.21. The summed E-state index contributed by atoms with van der Waals surface area (Å²) in [5.41, 5.74) is -0.0611. The summed E-state index contributed by atoms with van der Waals surface area (Å²) in [6, 6.07) is 0.100. The SMILES string of the molecule is COCC(C)N(C)c1cncc(C(=O)O)n1. The van der Waals surface area contributed by atoms with Crippen LogP contribution in [0.4, 0.5) is 5.82 Å². The van der Waals surface area contributed by atoms with Crippen LogP contribution in [0, 0.1) is 0 Å². The second kappa shape index (κ2) is 5.41. The van der Waals surface area contributed by atoms with E-state index in [1.165, 1.54) is 12.4 Å². The first-order chi connectivity index (χ1) is 7.56. The molecule has 1 rings (SSSR count). The van der Waals surface area contributed by atoms with Crippen LogP contribution in [0.1, 0.15) is 17.4 Å². The Bertz CT molecular complexity index is 370. The zero-order chi connectivity index (χ0) is 12.1. The molecule has 0 fully saturated rings. The Morgan fingerprint density at radius 3 is 2.88 bits per heavy atom. The van der Waals surface area contributed by atoms with Crippen molar-refractivity contribution in [3.8, 4) is 0 Å². The molecule has 6 heteroatoms. The molecular weight excluding hydrogens is 210 g/mol. The van der Waals surface area contributed by atoms with Crippen LogP contribution in [0.5, 0.6) is 0 Å². The average Bonchev–Trinajstić information content (AvgIpc) is 2.28. The molecule has 0 saturated carbocycles. The molecule has 0 radical (unpaired) electrons. The Kier molecular flexibility index (Phi) is 4.19. The number of hydrogen-bond acceptors (Lipinski definition) is 5. The van der Waals surface area contributed by atoms with Gasteiger partial charge in [-0.05, 0) is 6.92 Å². The number of carbonyl (C=O) groups is 1. The van der Waals surface area contributed by atoms with Gasteiger partial charge in [0, 0.05) is 14.2 Å². The molecule has 0 aliphatic carbocycles. The molecule has 1 unspecified atom stereocenters. The number of methoxy groups -OCH3 is 1. The van der Waals surface area contributed by atoms with E-state index in [4.69, 9.17) is 9.84 Å². The number of carboxylic acid groups (broad SMARTS) is 1. The van der Waals surface area contributed by atoms with Gasteiger partial charge in [-0.25, -0.2) is 9.78 Å². The second-order valence-electron chi connectivity index (χ2n) is 3.48. The van der Waals surface area contributed by atoms with Crippen molar-refractivity contribution in [1.82, 2.24) is 9.97 Å². The number of nitrogens with zero attached hydrogens (tertiary/aromatic N) is 3. The highest BCUT2D eigenvalue weighted by molar-refractivity contribution is 5.85. The first kappa shape index (κ1) is 12.4. The molecule has 0 bridgehead atoms. The van der Waals surface area contributed by atoms with Gasteiger partial charge in [0.2, 0.25) is 0 Å². The first-order valence-corrected chi connectivity index (χ1v) is 4.83. The van der Waals surface area contributed by atoms with Crippen LogP contribution in [0.3, 0.4) is 0 Å². The molecule has 16 heavy (non-hydrogen) atoms. The highest BCUT2D eigenvalue weighted by Gasteiger charge is 2.13. The second-order valence-corrected chi connectivity index (χ2v) is 3.48. The number of rotatable bonds is 5. The van der Waals surface area contributed by atoms with Crippen molar-refractivity contribution in [3.05, 3.63) is 18.1 Å². The standard InChI is InChI=1S/C10H15N3O3/c1-7(6-16-3)13(2)9-5-11-4-8(12-9)10(14)15/h4-5,7H,6H2,1-3H3,(H,14,15). The van der Waals surface area contributed by atoms with Gasteiger partial charge in [-0.3, -0.25) is 4.98 Å². The van der Waals surface area contributed by atoms with E-state index in [1.807, 2.05) is 18.9 Å². The number of likely N-dealkylation sites (N-methyl/N-ethyl adjacent to an activating group) is 1. The van der Waals surface area contributed by atoms with Gasteiger partial charge in [-0.15, -0.1) is 0 Å². The Labute approximate surface area is 93.9 Å². The molecule has 0 saturated heterocycles. The number of aromatic carboxylic acids is 1. The summed E-state index contributed by atoms with van der Waals surface area (Å²) in [6.45, 7) is 2.49. The van der Waals surface area contributed by atoms with Crippen molar-refractivity contribution in [2.45, 2.75) is 13.0 Å². The first-order valence-electron chi connectivity index (χ1n) is 4.83. The summed E-state index contributed by atoms with van der Waals surface area (Å²) in [6.07, 6.45) is 2.75. The fraction of sp³-hybridized carbons (Fsp3) is 0.500. The summed E-state index contributed by atoms with van der Waals surface area (Å²) in [5, 5.41) is 8.79. The van der Waals surface area contributed by atoms with E-state index in [2.05, 4.69) is 9.97 Å². The number of hydrogen-bond donors (Lipinski definition) is 1. The van der Waals surface area contributed by atoms with E-state index in [0.717, 1.165) is 0 Å². The number of carboxylic acids is 1. The van der Waals surface area contributed by atoms with E-state index in [-0.39, 0.29) is 11.7 Å². The molecule has 1 aromatic heterocycles. The van der Waals surface area contributed by atoms with Crippen LogP contribution < -0.4 is 4.90 Å². The Hall–Kier alpha value is -1.69. The maximum Gasteiger partial charge on any atom is 0.356 e. The number of ether oxygens (including phenoxy) is 1. The van der Waals surface area contributed by atoms with E-state index < -0.39 is 5.97 Å². The number of aromatic nitrogens is 2. The lowest BCUT2D eigenvalue weighted by Crippen LogP contribution is -2.33. The average molecular weight is 225 g/mol. The Balaban J connectivity index is 2.86. The maximum absolute atomic E-state index is 10.7. The van der Waals surface area contributed by atoms with E-state index in [1.54, 1.807) is 7.11 Å². The number of anilines is 1. The van der Waals surface area contributed by atoms with E-state index in [9.17, 15) is 4.79 Å². The lowest BCUT2D eigenvalue weighted by molar-refractivity contribution is 0.0690. The summed E-state index contributed by atoms with van der Waals surface area (Å²) in [7, 11) is 3.43. The molecule has 88 valence electrons. The van der Waals surface area contributed by atoms with Crippen molar-refractivity contribution >= 4 is 11.8 Å². The molecule has 1 aromatic rings. The molecule has 1 atom stereocenters. The van der Waals surface area contributed by atoms with Crippen molar-refractivity contribution in [1.29, 1.82) is 0 Å². The topological polar surface area (TPSA) is 75.5 Å². The van der Waals surface area contributed by atoms with Crippen LogP contribution in [-0.2, 0) is 4.74 Å². The minimum absolute atomic E-state index is 0.0611. The molecule has 0 aliphatic rings. The molecule has 0 spiro atoms. The molecule has 0 aromatic carbocycles. The highest BCUT2D eigenvalue weighted by Crippen LogP contribution is 2.11. The van der Waals surface area contributed by atoms with Crippen molar-refractivity contribution in [2.24, 2.45) is 0 Å². The normalized spacial score (nSPS) is 12.2. The zero-order valence-electron chi connectivity index (χ0n) is 9.54. The van der Waals surface area contributed by atoms with E-state index >= 15 is 0 Å². The van der Waals surface area contributed by atoms with Crippen molar-refractivity contribution < 1.29 is 14.6 Å². The lowest BCUT2D eigenvalue weighted by Gasteiger charge is -2.24. The molecule has 1 N–H and O–H groups in total. The lowest BCUT2D eigenvalue weighted by atomic mass is 10.3. The quantitative estimate of drug-likeness (QED) is 0.792.